The van der Waals surface area contributed by atoms with Crippen LogP contribution >= 0.6 is 11.3 Å². The van der Waals surface area contributed by atoms with E-state index in [1.807, 2.05) is 26.0 Å². The number of rotatable bonds is 12. The van der Waals surface area contributed by atoms with E-state index in [1.165, 1.54) is 10.6 Å². The van der Waals surface area contributed by atoms with Crippen molar-refractivity contribution in [3.8, 4) is 5.75 Å². The number of amides is 1. The highest BCUT2D eigenvalue weighted by molar-refractivity contribution is 7.11. The van der Waals surface area contributed by atoms with Crippen LogP contribution in [0.4, 0.5) is 22.0 Å². The van der Waals surface area contributed by atoms with Crippen LogP contribution in [0.1, 0.15) is 47.6 Å². The molecule has 1 aliphatic heterocycles. The van der Waals surface area contributed by atoms with Crippen LogP contribution in [-0.4, -0.2) is 56.1 Å². The topological polar surface area (TPSA) is 97.8 Å². The van der Waals surface area contributed by atoms with E-state index in [-0.39, 0.29) is 5.92 Å². The van der Waals surface area contributed by atoms with Gasteiger partial charge < -0.3 is 24.4 Å². The minimum atomic E-state index is -0.480. The minimum absolute atomic E-state index is 0.265. The zero-order valence-corrected chi connectivity index (χ0v) is 25.0. The molecule has 40 heavy (non-hydrogen) atoms. The molecule has 216 valence electrons. The van der Waals surface area contributed by atoms with Crippen molar-refractivity contribution in [2.24, 2.45) is 5.92 Å². The van der Waals surface area contributed by atoms with E-state index >= 15 is 0 Å². The standard InChI is InChI=1S/C30H41N5O4S/c1-6-27-21(4)40-29(34-27)8-7-23-15-25(35-9-11-38-12-10-35)17-28(32-23)31-18-22-13-24(16-26(14-22)37-5)33-30(36)39-19-20(2)3/h13-17,20H,6-12,18-19H2,1-5H3,(H,31,32)(H,33,36). The van der Waals surface area contributed by atoms with Crippen LogP contribution in [-0.2, 0) is 35.3 Å². The highest BCUT2D eigenvalue weighted by Crippen LogP contribution is 2.26. The average Bonchev–Trinajstić information content (AvgIpc) is 3.33. The van der Waals surface area contributed by atoms with Gasteiger partial charge in [-0.05, 0) is 49.4 Å². The van der Waals surface area contributed by atoms with E-state index in [0.717, 1.165) is 73.3 Å². The van der Waals surface area contributed by atoms with Gasteiger partial charge in [-0.15, -0.1) is 11.3 Å². The summed E-state index contributed by atoms with van der Waals surface area (Å²) in [4.78, 5) is 25.6. The fraction of sp³-hybridized carbons (Fsp3) is 0.500. The summed E-state index contributed by atoms with van der Waals surface area (Å²) in [6.07, 6.45) is 2.16. The molecule has 2 N–H and O–H groups in total. The maximum atomic E-state index is 12.2. The van der Waals surface area contributed by atoms with Gasteiger partial charge in [0.15, 0.2) is 0 Å². The van der Waals surface area contributed by atoms with Crippen molar-refractivity contribution in [3.63, 3.8) is 0 Å². The Balaban J connectivity index is 1.49. The zero-order valence-electron chi connectivity index (χ0n) is 24.2. The molecule has 0 saturated carbocycles. The number of hydrogen-bond donors (Lipinski definition) is 2. The van der Waals surface area contributed by atoms with Crippen molar-refractivity contribution in [2.75, 3.05) is 55.6 Å². The number of ether oxygens (including phenoxy) is 3. The van der Waals surface area contributed by atoms with Crippen molar-refractivity contribution in [2.45, 2.75) is 53.5 Å². The molecule has 3 aromatic rings. The average molecular weight is 568 g/mol. The molecule has 0 atom stereocenters. The third-order valence-corrected chi connectivity index (χ3v) is 7.65. The number of nitrogens with one attached hydrogen (secondary N) is 2. The molecule has 4 rings (SSSR count). The highest BCUT2D eigenvalue weighted by Gasteiger charge is 2.15. The van der Waals surface area contributed by atoms with Gasteiger partial charge in [-0.2, -0.15) is 0 Å². The first-order valence-electron chi connectivity index (χ1n) is 14.0. The lowest BCUT2D eigenvalue weighted by atomic mass is 10.1. The molecule has 0 radical (unpaired) electrons. The van der Waals surface area contributed by atoms with Crippen molar-refractivity contribution >= 4 is 34.6 Å². The molecule has 0 spiro atoms. The molecule has 9 nitrogen and oxygen atoms in total. The Labute approximate surface area is 241 Å². The molecule has 0 unspecified atom stereocenters. The van der Waals surface area contributed by atoms with Gasteiger partial charge in [-0.3, -0.25) is 5.32 Å². The third-order valence-electron chi connectivity index (χ3n) is 6.58. The van der Waals surface area contributed by atoms with E-state index in [9.17, 15) is 4.79 Å². The molecule has 2 aromatic heterocycles. The molecule has 1 amide bonds. The van der Waals surface area contributed by atoms with Gasteiger partial charge in [0, 0.05) is 60.1 Å². The summed E-state index contributed by atoms with van der Waals surface area (Å²) in [6, 6.07) is 9.92. The van der Waals surface area contributed by atoms with Gasteiger partial charge >= 0.3 is 6.09 Å². The van der Waals surface area contributed by atoms with Gasteiger partial charge in [0.2, 0.25) is 0 Å². The van der Waals surface area contributed by atoms with Gasteiger partial charge in [-0.1, -0.05) is 20.8 Å². The fourth-order valence-corrected chi connectivity index (χ4v) is 5.52. The number of methoxy groups -OCH3 is 1. The van der Waals surface area contributed by atoms with Crippen LogP contribution in [0.25, 0.3) is 0 Å². The molecule has 1 fully saturated rings. The summed E-state index contributed by atoms with van der Waals surface area (Å²) in [5, 5.41) is 7.46. The van der Waals surface area contributed by atoms with Crippen LogP contribution in [0.5, 0.6) is 5.75 Å². The maximum absolute atomic E-state index is 12.2. The highest BCUT2D eigenvalue weighted by atomic mass is 32.1. The number of pyridine rings is 1. The minimum Gasteiger partial charge on any atom is -0.497 e. The molecule has 0 bridgehead atoms. The summed E-state index contributed by atoms with van der Waals surface area (Å²) >= 11 is 1.78. The zero-order chi connectivity index (χ0) is 28.5. The van der Waals surface area contributed by atoms with Crippen molar-refractivity contribution in [3.05, 3.63) is 57.2 Å². The van der Waals surface area contributed by atoms with Crippen molar-refractivity contribution in [1.82, 2.24) is 9.97 Å². The normalized spacial score (nSPS) is 13.4. The van der Waals surface area contributed by atoms with E-state index < -0.39 is 6.09 Å². The molecular formula is C30H41N5O4S. The lowest BCUT2D eigenvalue weighted by Gasteiger charge is -2.29. The predicted octanol–water partition coefficient (Wildman–Crippen LogP) is 5.86. The third kappa shape index (κ3) is 8.56. The molecular weight excluding hydrogens is 526 g/mol. The number of morpholine rings is 1. The Morgan fingerprint density at radius 2 is 1.93 bits per heavy atom. The number of carbonyl (C=O) groups excluding carboxylic acids is 1. The fourth-order valence-electron chi connectivity index (χ4n) is 4.49. The number of aromatic nitrogens is 2. The smallest absolute Gasteiger partial charge is 0.411 e. The molecule has 0 aliphatic carbocycles. The number of benzene rings is 1. The predicted molar refractivity (Wildman–Crippen MR) is 161 cm³/mol. The van der Waals surface area contributed by atoms with Gasteiger partial charge in [0.1, 0.15) is 11.6 Å². The lowest BCUT2D eigenvalue weighted by Crippen LogP contribution is -2.36. The van der Waals surface area contributed by atoms with E-state index in [1.54, 1.807) is 24.5 Å². The largest absolute Gasteiger partial charge is 0.497 e. The Bertz CT molecular complexity index is 1270. The number of aryl methyl sites for hydroxylation is 4. The lowest BCUT2D eigenvalue weighted by molar-refractivity contribution is 0.122. The number of thiazole rings is 1. The summed E-state index contributed by atoms with van der Waals surface area (Å²) in [5.74, 6) is 1.72. The summed E-state index contributed by atoms with van der Waals surface area (Å²) in [5.41, 5.74) is 4.92. The molecule has 1 aromatic carbocycles. The van der Waals surface area contributed by atoms with E-state index in [0.29, 0.717) is 24.6 Å². The maximum Gasteiger partial charge on any atom is 0.411 e. The number of anilines is 3. The number of hydrogen-bond acceptors (Lipinski definition) is 9. The second-order valence-electron chi connectivity index (χ2n) is 10.3. The number of nitrogens with zero attached hydrogens (tertiary/aromatic N) is 3. The molecule has 1 saturated heterocycles. The first-order valence-corrected chi connectivity index (χ1v) is 14.8. The van der Waals surface area contributed by atoms with Crippen molar-refractivity contribution < 1.29 is 19.0 Å². The second-order valence-corrected chi connectivity index (χ2v) is 11.6. The summed E-state index contributed by atoms with van der Waals surface area (Å²) in [7, 11) is 1.61. The van der Waals surface area contributed by atoms with Crippen LogP contribution in [0.2, 0.25) is 0 Å². The molecule has 10 heteroatoms. The quantitative estimate of drug-likeness (QED) is 0.281. The van der Waals surface area contributed by atoms with Crippen LogP contribution in [0.15, 0.2) is 30.3 Å². The summed E-state index contributed by atoms with van der Waals surface area (Å²) in [6.45, 7) is 12.3. The first-order chi connectivity index (χ1) is 19.3. The second kappa shape index (κ2) is 14.3. The van der Waals surface area contributed by atoms with Gasteiger partial charge in [0.05, 0.1) is 37.6 Å². The van der Waals surface area contributed by atoms with Crippen LogP contribution in [0, 0.1) is 12.8 Å². The summed E-state index contributed by atoms with van der Waals surface area (Å²) < 4.78 is 16.3. The van der Waals surface area contributed by atoms with E-state index in [2.05, 4.69) is 41.5 Å². The Hall–Kier alpha value is -3.37. The van der Waals surface area contributed by atoms with Crippen LogP contribution < -0.4 is 20.3 Å². The first kappa shape index (κ1) is 29.6. The Kier molecular flexibility index (Phi) is 10.6. The number of carbonyl (C=O) groups is 1. The Morgan fingerprint density at radius 1 is 1.12 bits per heavy atom. The van der Waals surface area contributed by atoms with Gasteiger partial charge in [-0.25, -0.2) is 14.8 Å². The van der Waals surface area contributed by atoms with Crippen LogP contribution in [0.3, 0.4) is 0 Å². The van der Waals surface area contributed by atoms with E-state index in [4.69, 9.17) is 24.2 Å². The molecule has 1 aliphatic rings. The van der Waals surface area contributed by atoms with Gasteiger partial charge in [0.25, 0.3) is 0 Å². The molecule has 3 heterocycles. The Morgan fingerprint density at radius 3 is 2.62 bits per heavy atom. The monoisotopic (exact) mass is 567 g/mol. The van der Waals surface area contributed by atoms with Crippen molar-refractivity contribution in [1.29, 1.82) is 0 Å². The SMILES string of the molecule is CCc1nc(CCc2cc(N3CCOCC3)cc(NCc3cc(NC(=O)OCC(C)C)cc(OC)c3)n2)sc1C.